The topological polar surface area (TPSA) is 95.6 Å². The van der Waals surface area contributed by atoms with Crippen LogP contribution in [0.25, 0.3) is 0 Å². The van der Waals surface area contributed by atoms with Crippen LogP contribution in [-0.4, -0.2) is 47.7 Å². The zero-order valence-electron chi connectivity index (χ0n) is 14.0. The van der Waals surface area contributed by atoms with Gasteiger partial charge in [-0.25, -0.2) is 0 Å². The van der Waals surface area contributed by atoms with Crippen LogP contribution in [0.3, 0.4) is 0 Å². The number of nitrogens with zero attached hydrogens (tertiary/aromatic N) is 1. The summed E-state index contributed by atoms with van der Waals surface area (Å²) >= 11 is 0. The summed E-state index contributed by atoms with van der Waals surface area (Å²) < 4.78 is 0. The van der Waals surface area contributed by atoms with Crippen molar-refractivity contribution in [1.82, 2.24) is 15.5 Å². The van der Waals surface area contributed by atoms with Crippen LogP contribution in [0.15, 0.2) is 24.3 Å². The van der Waals surface area contributed by atoms with Crippen molar-refractivity contribution in [2.24, 2.45) is 5.92 Å². The molecular formula is C17H21N3O4. The Morgan fingerprint density at radius 1 is 0.917 bits per heavy atom. The fourth-order valence-electron chi connectivity index (χ4n) is 2.40. The maximum atomic E-state index is 12.3. The first kappa shape index (κ1) is 17.7. The molecular weight excluding hydrogens is 310 g/mol. The van der Waals surface area contributed by atoms with E-state index in [0.717, 1.165) is 4.90 Å². The summed E-state index contributed by atoms with van der Waals surface area (Å²) in [6.45, 7) is 5.57. The van der Waals surface area contributed by atoms with E-state index in [1.165, 1.54) is 6.92 Å². The van der Waals surface area contributed by atoms with Gasteiger partial charge in [0.2, 0.25) is 11.8 Å². The predicted molar refractivity (Wildman–Crippen MR) is 87.3 cm³/mol. The standard InChI is InChI=1S/C17H21N3O4/c1-10(2)14(21)18-8-9-19-15(22)11(3)20-16(23)12-6-4-5-7-13(12)17(20)24/h4-7,10-11H,8-9H2,1-3H3,(H,18,21)(H,19,22). The Morgan fingerprint density at radius 2 is 1.38 bits per heavy atom. The van der Waals surface area contributed by atoms with Crippen molar-refractivity contribution < 1.29 is 19.2 Å². The Morgan fingerprint density at radius 3 is 1.83 bits per heavy atom. The molecule has 0 aromatic heterocycles. The maximum absolute atomic E-state index is 12.3. The lowest BCUT2D eigenvalue weighted by atomic mass is 10.1. The number of hydrogen-bond acceptors (Lipinski definition) is 4. The molecule has 2 rings (SSSR count). The van der Waals surface area contributed by atoms with Crippen molar-refractivity contribution >= 4 is 23.6 Å². The summed E-state index contributed by atoms with van der Waals surface area (Å²) in [5, 5.41) is 5.30. The highest BCUT2D eigenvalue weighted by Gasteiger charge is 2.40. The lowest BCUT2D eigenvalue weighted by Crippen LogP contribution is -2.49. The number of carbonyl (C=O) groups excluding carboxylic acids is 4. The quantitative estimate of drug-likeness (QED) is 0.588. The number of imide groups is 1. The highest BCUT2D eigenvalue weighted by Crippen LogP contribution is 2.24. The second-order valence-electron chi connectivity index (χ2n) is 5.94. The Labute approximate surface area is 140 Å². The van der Waals surface area contributed by atoms with Crippen molar-refractivity contribution in [3.8, 4) is 0 Å². The summed E-state index contributed by atoms with van der Waals surface area (Å²) in [4.78, 5) is 49.2. The van der Waals surface area contributed by atoms with Crippen LogP contribution in [-0.2, 0) is 9.59 Å². The van der Waals surface area contributed by atoms with Gasteiger partial charge in [0, 0.05) is 19.0 Å². The smallest absolute Gasteiger partial charge is 0.262 e. The SMILES string of the molecule is CC(C)C(=O)NCCNC(=O)C(C)N1C(=O)c2ccccc2C1=O. The highest BCUT2D eigenvalue weighted by molar-refractivity contribution is 6.22. The van der Waals surface area contributed by atoms with Gasteiger partial charge in [0.05, 0.1) is 11.1 Å². The molecule has 128 valence electrons. The molecule has 1 aromatic carbocycles. The molecule has 0 radical (unpaired) electrons. The fraction of sp³-hybridized carbons (Fsp3) is 0.412. The van der Waals surface area contributed by atoms with Gasteiger partial charge in [-0.3, -0.25) is 24.1 Å². The number of amides is 4. The monoisotopic (exact) mass is 331 g/mol. The van der Waals surface area contributed by atoms with Crippen molar-refractivity contribution in [2.75, 3.05) is 13.1 Å². The van der Waals surface area contributed by atoms with Crippen LogP contribution in [0.1, 0.15) is 41.5 Å². The minimum absolute atomic E-state index is 0.0994. The van der Waals surface area contributed by atoms with Gasteiger partial charge >= 0.3 is 0 Å². The number of rotatable bonds is 6. The van der Waals surface area contributed by atoms with Crippen LogP contribution < -0.4 is 10.6 Å². The lowest BCUT2D eigenvalue weighted by molar-refractivity contribution is -0.126. The number of nitrogens with one attached hydrogen (secondary N) is 2. The molecule has 1 aromatic rings. The van der Waals surface area contributed by atoms with Crippen LogP contribution in [0.5, 0.6) is 0 Å². The zero-order chi connectivity index (χ0) is 17.9. The molecule has 0 spiro atoms. The van der Waals surface area contributed by atoms with Gasteiger partial charge in [0.15, 0.2) is 0 Å². The minimum Gasteiger partial charge on any atom is -0.354 e. The van der Waals surface area contributed by atoms with Gasteiger partial charge in [-0.05, 0) is 19.1 Å². The molecule has 0 saturated carbocycles. The molecule has 1 aliphatic rings. The van der Waals surface area contributed by atoms with Crippen LogP contribution >= 0.6 is 0 Å². The van der Waals surface area contributed by atoms with Crippen molar-refractivity contribution in [3.63, 3.8) is 0 Å². The van der Waals surface area contributed by atoms with E-state index in [1.54, 1.807) is 38.1 Å². The molecule has 0 bridgehead atoms. The fourth-order valence-corrected chi connectivity index (χ4v) is 2.40. The van der Waals surface area contributed by atoms with Crippen molar-refractivity contribution in [3.05, 3.63) is 35.4 Å². The lowest BCUT2D eigenvalue weighted by Gasteiger charge is -2.21. The van der Waals surface area contributed by atoms with Gasteiger partial charge < -0.3 is 10.6 Å². The summed E-state index contributed by atoms with van der Waals surface area (Å²) in [5.41, 5.74) is 0.623. The van der Waals surface area contributed by atoms with Gasteiger partial charge in [-0.2, -0.15) is 0 Å². The van der Waals surface area contributed by atoms with Crippen molar-refractivity contribution in [2.45, 2.75) is 26.8 Å². The third-order valence-corrected chi connectivity index (χ3v) is 3.84. The van der Waals surface area contributed by atoms with Crippen LogP contribution in [0, 0.1) is 5.92 Å². The number of hydrogen-bond donors (Lipinski definition) is 2. The molecule has 24 heavy (non-hydrogen) atoms. The third kappa shape index (κ3) is 3.45. The van der Waals surface area contributed by atoms with E-state index >= 15 is 0 Å². The van der Waals surface area contributed by atoms with E-state index in [9.17, 15) is 19.2 Å². The van der Waals surface area contributed by atoms with Crippen LogP contribution in [0.2, 0.25) is 0 Å². The van der Waals surface area contributed by atoms with Crippen LogP contribution in [0.4, 0.5) is 0 Å². The van der Waals surface area contributed by atoms with E-state index in [2.05, 4.69) is 10.6 Å². The second-order valence-corrected chi connectivity index (χ2v) is 5.94. The normalized spacial score (nSPS) is 14.6. The van der Waals surface area contributed by atoms with E-state index in [4.69, 9.17) is 0 Å². The van der Waals surface area contributed by atoms with E-state index in [-0.39, 0.29) is 24.9 Å². The molecule has 1 unspecified atom stereocenters. The van der Waals surface area contributed by atoms with E-state index in [0.29, 0.717) is 11.1 Å². The molecule has 0 fully saturated rings. The number of benzene rings is 1. The third-order valence-electron chi connectivity index (χ3n) is 3.84. The molecule has 0 saturated heterocycles. The number of carbonyl (C=O) groups is 4. The second kappa shape index (κ2) is 7.25. The molecule has 7 nitrogen and oxygen atoms in total. The zero-order valence-corrected chi connectivity index (χ0v) is 14.0. The first-order valence-corrected chi connectivity index (χ1v) is 7.87. The summed E-state index contributed by atoms with van der Waals surface area (Å²) in [6, 6.07) is 5.58. The molecule has 7 heteroatoms. The average Bonchev–Trinajstić information content (AvgIpc) is 2.82. The maximum Gasteiger partial charge on any atom is 0.262 e. The Bertz CT molecular complexity index is 649. The highest BCUT2D eigenvalue weighted by atomic mass is 16.2. The molecule has 1 aliphatic heterocycles. The summed E-state index contributed by atoms with van der Waals surface area (Å²) in [6.07, 6.45) is 0. The van der Waals surface area contributed by atoms with E-state index < -0.39 is 23.8 Å². The summed E-state index contributed by atoms with van der Waals surface area (Å²) in [5.74, 6) is -1.60. The van der Waals surface area contributed by atoms with Gasteiger partial charge in [0.25, 0.3) is 11.8 Å². The molecule has 4 amide bonds. The largest absolute Gasteiger partial charge is 0.354 e. The first-order chi connectivity index (χ1) is 11.3. The predicted octanol–water partition coefficient (Wildman–Crippen LogP) is 0.560. The number of fused-ring (bicyclic) bond motifs is 1. The first-order valence-electron chi connectivity index (χ1n) is 7.87. The summed E-state index contributed by atoms with van der Waals surface area (Å²) in [7, 11) is 0. The van der Waals surface area contributed by atoms with Gasteiger partial charge in [-0.15, -0.1) is 0 Å². The van der Waals surface area contributed by atoms with Gasteiger partial charge in [-0.1, -0.05) is 26.0 Å². The molecule has 1 atom stereocenters. The Kier molecular flexibility index (Phi) is 5.33. The average molecular weight is 331 g/mol. The Hall–Kier alpha value is -2.70. The Balaban J connectivity index is 1.91. The molecule has 2 N–H and O–H groups in total. The van der Waals surface area contributed by atoms with Gasteiger partial charge in [0.1, 0.15) is 6.04 Å². The molecule has 1 heterocycles. The van der Waals surface area contributed by atoms with Crippen molar-refractivity contribution in [1.29, 1.82) is 0 Å². The molecule has 0 aliphatic carbocycles. The van der Waals surface area contributed by atoms with E-state index in [1.807, 2.05) is 0 Å². The minimum atomic E-state index is -0.918.